The van der Waals surface area contributed by atoms with Crippen molar-refractivity contribution in [3.8, 4) is 0 Å². The molecule has 27 heavy (non-hydrogen) atoms. The predicted octanol–water partition coefficient (Wildman–Crippen LogP) is 3.33. The van der Waals surface area contributed by atoms with Crippen LogP contribution in [0, 0.1) is 5.92 Å². The van der Waals surface area contributed by atoms with Crippen molar-refractivity contribution < 1.29 is 14.4 Å². The SMILES string of the molecule is CCC(C)C(NC(=O)c1cccc(NC(=O)c2cccc(Br)c2)c1)C(N)=O. The van der Waals surface area contributed by atoms with Crippen LogP contribution in [0.5, 0.6) is 0 Å². The molecule has 0 aromatic heterocycles. The second kappa shape index (κ2) is 9.32. The summed E-state index contributed by atoms with van der Waals surface area (Å²) in [6, 6.07) is 12.8. The fourth-order valence-electron chi connectivity index (χ4n) is 2.53. The molecule has 0 aliphatic rings. The van der Waals surface area contributed by atoms with E-state index >= 15 is 0 Å². The maximum atomic E-state index is 12.5. The lowest BCUT2D eigenvalue weighted by Crippen LogP contribution is -2.48. The molecule has 0 spiro atoms. The molecule has 2 aromatic rings. The number of rotatable bonds is 7. The van der Waals surface area contributed by atoms with Gasteiger partial charge in [0.1, 0.15) is 6.04 Å². The normalized spacial score (nSPS) is 12.7. The van der Waals surface area contributed by atoms with Gasteiger partial charge >= 0.3 is 0 Å². The van der Waals surface area contributed by atoms with Gasteiger partial charge in [-0.25, -0.2) is 0 Å². The van der Waals surface area contributed by atoms with Gasteiger partial charge in [0, 0.05) is 21.3 Å². The number of nitrogens with one attached hydrogen (secondary N) is 2. The number of anilines is 1. The molecule has 2 unspecified atom stereocenters. The smallest absolute Gasteiger partial charge is 0.255 e. The van der Waals surface area contributed by atoms with Crippen molar-refractivity contribution in [2.45, 2.75) is 26.3 Å². The topological polar surface area (TPSA) is 101 Å². The molecule has 0 aliphatic heterocycles. The molecule has 0 radical (unpaired) electrons. The lowest BCUT2D eigenvalue weighted by molar-refractivity contribution is -0.120. The highest BCUT2D eigenvalue weighted by Gasteiger charge is 2.24. The van der Waals surface area contributed by atoms with Crippen LogP contribution in [0.15, 0.2) is 53.0 Å². The maximum Gasteiger partial charge on any atom is 0.255 e. The van der Waals surface area contributed by atoms with E-state index in [1.54, 1.807) is 42.5 Å². The standard InChI is InChI=1S/C20H22BrN3O3/c1-3-12(2)17(18(22)25)24-20(27)14-7-5-9-16(11-14)23-19(26)13-6-4-8-15(21)10-13/h4-12,17H,3H2,1-2H3,(H2,22,25)(H,23,26)(H,24,27). The first-order chi connectivity index (χ1) is 12.8. The summed E-state index contributed by atoms with van der Waals surface area (Å²) in [5.41, 5.74) is 6.70. The van der Waals surface area contributed by atoms with Crippen LogP contribution in [0.4, 0.5) is 5.69 Å². The molecule has 0 saturated carbocycles. The molecule has 7 heteroatoms. The Labute approximate surface area is 166 Å². The summed E-state index contributed by atoms with van der Waals surface area (Å²) in [7, 11) is 0. The van der Waals surface area contributed by atoms with Crippen LogP contribution in [0.1, 0.15) is 41.0 Å². The average molecular weight is 432 g/mol. The molecule has 2 rings (SSSR count). The third-order valence-corrected chi connectivity index (χ3v) is 4.77. The van der Waals surface area contributed by atoms with Crippen molar-refractivity contribution in [2.24, 2.45) is 11.7 Å². The largest absolute Gasteiger partial charge is 0.368 e. The number of benzene rings is 2. The molecule has 0 bridgehead atoms. The maximum absolute atomic E-state index is 12.5. The molecule has 0 fully saturated rings. The van der Waals surface area contributed by atoms with E-state index in [1.807, 2.05) is 19.9 Å². The molecule has 0 aliphatic carbocycles. The number of carbonyl (C=O) groups is 3. The minimum absolute atomic E-state index is 0.0779. The fourth-order valence-corrected chi connectivity index (χ4v) is 2.92. The Hall–Kier alpha value is -2.67. The summed E-state index contributed by atoms with van der Waals surface area (Å²) < 4.78 is 0.797. The Morgan fingerprint density at radius 3 is 2.26 bits per heavy atom. The van der Waals surface area contributed by atoms with Gasteiger partial charge in [-0.3, -0.25) is 14.4 Å². The van der Waals surface area contributed by atoms with Gasteiger partial charge in [-0.15, -0.1) is 0 Å². The number of halogens is 1. The van der Waals surface area contributed by atoms with Gasteiger partial charge in [-0.2, -0.15) is 0 Å². The van der Waals surface area contributed by atoms with Crippen LogP contribution in [-0.4, -0.2) is 23.8 Å². The monoisotopic (exact) mass is 431 g/mol. The molecule has 2 atom stereocenters. The number of hydrogen-bond donors (Lipinski definition) is 3. The van der Waals surface area contributed by atoms with Crippen molar-refractivity contribution in [1.29, 1.82) is 0 Å². The van der Waals surface area contributed by atoms with Crippen LogP contribution in [0.2, 0.25) is 0 Å². The third-order valence-electron chi connectivity index (χ3n) is 4.28. The van der Waals surface area contributed by atoms with Crippen LogP contribution in [0.25, 0.3) is 0 Å². The van der Waals surface area contributed by atoms with Crippen molar-refractivity contribution >= 4 is 39.3 Å². The number of hydrogen-bond acceptors (Lipinski definition) is 3. The quantitative estimate of drug-likeness (QED) is 0.626. The zero-order valence-electron chi connectivity index (χ0n) is 15.2. The highest BCUT2D eigenvalue weighted by molar-refractivity contribution is 9.10. The molecule has 2 aromatic carbocycles. The van der Waals surface area contributed by atoms with E-state index < -0.39 is 17.9 Å². The van der Waals surface area contributed by atoms with Crippen molar-refractivity contribution in [3.63, 3.8) is 0 Å². The van der Waals surface area contributed by atoms with Crippen LogP contribution in [-0.2, 0) is 4.79 Å². The van der Waals surface area contributed by atoms with Crippen molar-refractivity contribution in [1.82, 2.24) is 5.32 Å². The van der Waals surface area contributed by atoms with E-state index in [2.05, 4.69) is 26.6 Å². The van der Waals surface area contributed by atoms with E-state index in [0.29, 0.717) is 23.2 Å². The second-order valence-corrected chi connectivity index (χ2v) is 7.20. The predicted molar refractivity (Wildman–Crippen MR) is 108 cm³/mol. The molecular weight excluding hydrogens is 410 g/mol. The van der Waals surface area contributed by atoms with Gasteiger partial charge in [0.15, 0.2) is 0 Å². The molecule has 0 saturated heterocycles. The van der Waals surface area contributed by atoms with Gasteiger partial charge in [-0.05, 0) is 42.3 Å². The Morgan fingerprint density at radius 2 is 1.67 bits per heavy atom. The lowest BCUT2D eigenvalue weighted by Gasteiger charge is -2.21. The first-order valence-corrected chi connectivity index (χ1v) is 9.38. The van der Waals surface area contributed by atoms with E-state index in [4.69, 9.17) is 5.73 Å². The Balaban J connectivity index is 2.13. The number of amides is 3. The van der Waals surface area contributed by atoms with Gasteiger partial charge < -0.3 is 16.4 Å². The Kier molecular flexibility index (Phi) is 7.12. The van der Waals surface area contributed by atoms with Gasteiger partial charge in [-0.1, -0.05) is 48.3 Å². The number of nitrogens with two attached hydrogens (primary N) is 1. The molecule has 0 heterocycles. The summed E-state index contributed by atoms with van der Waals surface area (Å²) in [5.74, 6) is -1.36. The van der Waals surface area contributed by atoms with Gasteiger partial charge in [0.2, 0.25) is 5.91 Å². The molecule has 4 N–H and O–H groups in total. The number of primary amides is 1. The van der Waals surface area contributed by atoms with Gasteiger partial charge in [0.25, 0.3) is 11.8 Å². The van der Waals surface area contributed by atoms with Crippen LogP contribution >= 0.6 is 15.9 Å². The molecule has 142 valence electrons. The van der Waals surface area contributed by atoms with Crippen molar-refractivity contribution in [3.05, 3.63) is 64.1 Å². The fraction of sp³-hybridized carbons (Fsp3) is 0.250. The molecule has 3 amide bonds. The third kappa shape index (κ3) is 5.65. The summed E-state index contributed by atoms with van der Waals surface area (Å²) in [5, 5.41) is 5.43. The summed E-state index contributed by atoms with van der Waals surface area (Å²) in [4.78, 5) is 36.5. The summed E-state index contributed by atoms with van der Waals surface area (Å²) in [6.07, 6.45) is 0.705. The van der Waals surface area contributed by atoms with Crippen molar-refractivity contribution in [2.75, 3.05) is 5.32 Å². The molecular formula is C20H22BrN3O3. The Morgan fingerprint density at radius 1 is 1.04 bits per heavy atom. The highest BCUT2D eigenvalue weighted by Crippen LogP contribution is 2.16. The molecule has 6 nitrogen and oxygen atoms in total. The average Bonchev–Trinajstić information content (AvgIpc) is 2.65. The van der Waals surface area contributed by atoms with Gasteiger partial charge in [0.05, 0.1) is 0 Å². The minimum atomic E-state index is -0.748. The number of carbonyl (C=O) groups excluding carboxylic acids is 3. The van der Waals surface area contributed by atoms with E-state index in [0.717, 1.165) is 4.47 Å². The zero-order valence-corrected chi connectivity index (χ0v) is 16.7. The van der Waals surface area contributed by atoms with E-state index in [9.17, 15) is 14.4 Å². The van der Waals surface area contributed by atoms with E-state index in [1.165, 1.54) is 0 Å². The van der Waals surface area contributed by atoms with Crippen LogP contribution in [0.3, 0.4) is 0 Å². The van der Waals surface area contributed by atoms with E-state index in [-0.39, 0.29) is 11.8 Å². The second-order valence-electron chi connectivity index (χ2n) is 6.28. The first kappa shape index (κ1) is 20.6. The van der Waals surface area contributed by atoms with Crippen LogP contribution < -0.4 is 16.4 Å². The Bertz CT molecular complexity index is 854. The first-order valence-electron chi connectivity index (χ1n) is 8.59. The highest BCUT2D eigenvalue weighted by atomic mass is 79.9. The summed E-state index contributed by atoms with van der Waals surface area (Å²) >= 11 is 3.33. The minimum Gasteiger partial charge on any atom is -0.368 e. The zero-order chi connectivity index (χ0) is 20.0. The lowest BCUT2D eigenvalue weighted by atomic mass is 9.98. The summed E-state index contributed by atoms with van der Waals surface area (Å²) in [6.45, 7) is 3.77.